The molecule has 3 nitrogen and oxygen atoms in total. The Bertz CT molecular complexity index is 3140. The summed E-state index contributed by atoms with van der Waals surface area (Å²) >= 11 is 0. The minimum Gasteiger partial charge on any atom is -0.310 e. The molecule has 0 N–H and O–H groups in total. The van der Waals surface area contributed by atoms with Gasteiger partial charge in [0.2, 0.25) is 0 Å². The third kappa shape index (κ3) is 5.94. The number of hydrogen-bond acceptors (Lipinski definition) is 1. The van der Waals surface area contributed by atoms with Crippen molar-refractivity contribution >= 4 is 62.0 Å². The number of rotatable bonds is 5. The van der Waals surface area contributed by atoms with Crippen LogP contribution in [0.4, 0.5) is 17.1 Å². The van der Waals surface area contributed by atoms with E-state index in [1.165, 1.54) is 88.8 Å². The maximum Gasteiger partial charge on any atom is 0.252 e. The molecule has 0 fully saturated rings. The van der Waals surface area contributed by atoms with Crippen molar-refractivity contribution < 1.29 is 0 Å². The van der Waals surface area contributed by atoms with Crippen LogP contribution in [-0.2, 0) is 16.2 Å². The van der Waals surface area contributed by atoms with Crippen molar-refractivity contribution in [3.05, 3.63) is 180 Å². The second-order valence-corrected chi connectivity index (χ2v) is 20.8. The Morgan fingerprint density at radius 2 is 0.855 bits per heavy atom. The Morgan fingerprint density at radius 1 is 0.387 bits per heavy atom. The predicted molar refractivity (Wildman–Crippen MR) is 266 cm³/mol. The zero-order valence-corrected chi connectivity index (χ0v) is 37.5. The number of aromatic nitrogens is 2. The Balaban J connectivity index is 1.29. The average Bonchev–Trinajstić information content (AvgIpc) is 3.84. The second kappa shape index (κ2) is 13.5. The monoisotopic (exact) mass is 803 g/mol. The lowest BCUT2D eigenvalue weighted by molar-refractivity contribution is 0.590. The Morgan fingerprint density at radius 3 is 1.34 bits per heavy atom. The Hall–Kier alpha value is -6.52. The van der Waals surface area contributed by atoms with Gasteiger partial charge >= 0.3 is 0 Å². The summed E-state index contributed by atoms with van der Waals surface area (Å²) in [5, 5.41) is 2.55. The van der Waals surface area contributed by atoms with Gasteiger partial charge in [-0.2, -0.15) is 0 Å². The van der Waals surface area contributed by atoms with Crippen molar-refractivity contribution in [2.75, 3.05) is 4.90 Å². The lowest BCUT2D eigenvalue weighted by atomic mass is 9.34. The van der Waals surface area contributed by atoms with Gasteiger partial charge in [-0.05, 0) is 115 Å². The molecule has 62 heavy (non-hydrogen) atoms. The van der Waals surface area contributed by atoms with Crippen LogP contribution in [-0.4, -0.2) is 15.8 Å². The maximum atomic E-state index is 2.60. The first kappa shape index (κ1) is 38.4. The van der Waals surface area contributed by atoms with Crippen molar-refractivity contribution in [2.45, 2.75) is 78.6 Å². The van der Waals surface area contributed by atoms with Crippen molar-refractivity contribution in [3.63, 3.8) is 0 Å². The van der Waals surface area contributed by atoms with Gasteiger partial charge < -0.3 is 14.0 Å². The van der Waals surface area contributed by atoms with Crippen LogP contribution >= 0.6 is 0 Å². The highest BCUT2D eigenvalue weighted by Gasteiger charge is 2.42. The Kier molecular flexibility index (Phi) is 8.36. The summed E-state index contributed by atoms with van der Waals surface area (Å²) in [5.41, 5.74) is 21.4. The zero-order chi connectivity index (χ0) is 42.9. The summed E-state index contributed by atoms with van der Waals surface area (Å²) < 4.78 is 5.19. The van der Waals surface area contributed by atoms with Crippen molar-refractivity contribution in [1.29, 1.82) is 0 Å². The first-order valence-corrected chi connectivity index (χ1v) is 22.3. The van der Waals surface area contributed by atoms with E-state index < -0.39 is 0 Å². The van der Waals surface area contributed by atoms with E-state index in [-0.39, 0.29) is 23.0 Å². The lowest BCUT2D eigenvalue weighted by Crippen LogP contribution is -2.59. The fourth-order valence-electron chi connectivity index (χ4n) is 10.2. The van der Waals surface area contributed by atoms with E-state index in [9.17, 15) is 0 Å². The van der Waals surface area contributed by atoms with Gasteiger partial charge in [0, 0.05) is 44.6 Å². The predicted octanol–water partition coefficient (Wildman–Crippen LogP) is 13.4. The SMILES string of the molecule is CC(C)(C)c1ccc(N(c2ccc(C(C)(C)C)cc2)c2cc3c4c(c2)-n2c(-c5ccccc5)cc5cc(C(C)(C)C)cc(c52)B4c2cccc4cc(-c5ccccc5)n-3c24)cc1. The molecular weight excluding hydrogens is 749 g/mol. The molecule has 4 heterocycles. The molecular formula is C58H54BN3. The van der Waals surface area contributed by atoms with Gasteiger partial charge in [-0.3, -0.25) is 0 Å². The van der Waals surface area contributed by atoms with Gasteiger partial charge in [0.15, 0.2) is 0 Å². The summed E-state index contributed by atoms with van der Waals surface area (Å²) in [4.78, 5) is 2.48. The summed E-state index contributed by atoms with van der Waals surface area (Å²) in [6, 6.07) is 62.3. The highest BCUT2D eigenvalue weighted by atomic mass is 15.2. The van der Waals surface area contributed by atoms with Gasteiger partial charge in [0.25, 0.3) is 6.71 Å². The maximum absolute atomic E-state index is 2.60. The zero-order valence-electron chi connectivity index (χ0n) is 37.5. The number of benzene rings is 7. The van der Waals surface area contributed by atoms with E-state index in [0.717, 1.165) is 17.1 Å². The standard InChI is InChI=1S/C58H54BN3/c1-56(2,3)41-23-27-44(28-24-41)60(45-29-25-42(26-30-45)57(4,5)6)46-35-51-53-52(36-46)62-50(38-19-14-11-15-20-38)33-40-31-43(58(7,8)9)34-48(55(40)62)59(53)47-22-16-21-39-32-49(61(51)54(39)47)37-17-12-10-13-18-37/h10-36H,1-9H3. The molecule has 9 aromatic rings. The van der Waals surface area contributed by atoms with Crippen LogP contribution in [0.15, 0.2) is 164 Å². The number of anilines is 3. The molecule has 2 aliphatic rings. The fourth-order valence-corrected chi connectivity index (χ4v) is 10.2. The highest BCUT2D eigenvalue weighted by Crippen LogP contribution is 2.44. The Labute approximate surface area is 367 Å². The minimum absolute atomic E-state index is 0.0282. The number of hydrogen-bond donors (Lipinski definition) is 0. The molecule has 0 saturated carbocycles. The minimum atomic E-state index is -0.0282. The molecule has 11 rings (SSSR count). The fraction of sp³-hybridized carbons (Fsp3) is 0.207. The number of nitrogens with zero attached hydrogens (tertiary/aromatic N) is 3. The third-order valence-electron chi connectivity index (χ3n) is 13.5. The van der Waals surface area contributed by atoms with Gasteiger partial charge in [0.05, 0.1) is 17.1 Å². The lowest BCUT2D eigenvalue weighted by Gasteiger charge is -2.37. The van der Waals surface area contributed by atoms with Gasteiger partial charge in [-0.15, -0.1) is 0 Å². The average molecular weight is 804 g/mol. The van der Waals surface area contributed by atoms with Gasteiger partial charge in [0.1, 0.15) is 0 Å². The molecule has 0 atom stereocenters. The molecule has 0 bridgehead atoms. The highest BCUT2D eigenvalue weighted by molar-refractivity contribution is 7.00. The molecule has 304 valence electrons. The molecule has 7 aromatic carbocycles. The summed E-state index contributed by atoms with van der Waals surface area (Å²) in [5.74, 6) is 0. The van der Waals surface area contributed by atoms with E-state index in [0.29, 0.717) is 0 Å². The van der Waals surface area contributed by atoms with Crippen LogP contribution in [0.2, 0.25) is 0 Å². The first-order valence-electron chi connectivity index (χ1n) is 22.3. The summed E-state index contributed by atoms with van der Waals surface area (Å²) in [6.07, 6.45) is 0. The largest absolute Gasteiger partial charge is 0.310 e. The molecule has 4 heteroatoms. The molecule has 0 unspecified atom stereocenters. The molecule has 0 radical (unpaired) electrons. The normalized spacial score (nSPS) is 13.2. The quantitative estimate of drug-likeness (QED) is 0.158. The second-order valence-electron chi connectivity index (χ2n) is 20.8. The molecule has 0 amide bonds. The van der Waals surface area contributed by atoms with Gasteiger partial charge in [-0.1, -0.05) is 172 Å². The van der Waals surface area contributed by atoms with Crippen molar-refractivity contribution in [1.82, 2.24) is 9.13 Å². The van der Waals surface area contributed by atoms with Crippen LogP contribution in [0.5, 0.6) is 0 Å². The molecule has 0 aliphatic carbocycles. The number of para-hydroxylation sites is 1. The third-order valence-corrected chi connectivity index (χ3v) is 13.5. The number of fused-ring (bicyclic) bond motifs is 4. The van der Waals surface area contributed by atoms with E-state index >= 15 is 0 Å². The molecule has 0 spiro atoms. The van der Waals surface area contributed by atoms with Crippen molar-refractivity contribution in [2.24, 2.45) is 0 Å². The van der Waals surface area contributed by atoms with Crippen LogP contribution in [0, 0.1) is 0 Å². The molecule has 2 aromatic heterocycles. The molecule has 2 aliphatic heterocycles. The smallest absolute Gasteiger partial charge is 0.252 e. The first-order chi connectivity index (χ1) is 29.6. The van der Waals surface area contributed by atoms with Crippen LogP contribution in [0.3, 0.4) is 0 Å². The van der Waals surface area contributed by atoms with Crippen LogP contribution in [0.1, 0.15) is 79.0 Å². The van der Waals surface area contributed by atoms with E-state index in [1.807, 2.05) is 0 Å². The molecule has 0 saturated heterocycles. The van der Waals surface area contributed by atoms with E-state index in [2.05, 4.69) is 240 Å². The topological polar surface area (TPSA) is 13.1 Å². The summed E-state index contributed by atoms with van der Waals surface area (Å²) in [6.45, 7) is 20.8. The van der Waals surface area contributed by atoms with Gasteiger partial charge in [-0.25, -0.2) is 0 Å². The van der Waals surface area contributed by atoms with Crippen LogP contribution < -0.4 is 21.3 Å². The van der Waals surface area contributed by atoms with E-state index in [4.69, 9.17) is 0 Å². The van der Waals surface area contributed by atoms with Crippen molar-refractivity contribution in [3.8, 4) is 33.9 Å². The van der Waals surface area contributed by atoms with E-state index in [1.54, 1.807) is 0 Å². The van der Waals surface area contributed by atoms with Crippen LogP contribution in [0.25, 0.3) is 55.7 Å². The summed E-state index contributed by atoms with van der Waals surface area (Å²) in [7, 11) is 0.